The van der Waals surface area contributed by atoms with Crippen LogP contribution in [0, 0.1) is 0 Å². The van der Waals surface area contributed by atoms with Crippen LogP contribution in [0.2, 0.25) is 0 Å². The Morgan fingerprint density at radius 2 is 2.18 bits per heavy atom. The van der Waals surface area contributed by atoms with E-state index in [0.717, 1.165) is 0 Å². The molecule has 0 bridgehead atoms. The average Bonchev–Trinajstić information content (AvgIpc) is 2.06. The van der Waals surface area contributed by atoms with Crippen molar-refractivity contribution in [2.24, 2.45) is 0 Å². The number of rotatable bonds is 0. The van der Waals surface area contributed by atoms with E-state index >= 15 is 0 Å². The fourth-order valence-electron chi connectivity index (χ4n) is 1.50. The number of hydrogen-bond acceptors (Lipinski definition) is 4. The number of hydrogen-bond donors (Lipinski definition) is 1. The zero-order valence-corrected chi connectivity index (χ0v) is 6.23. The molecule has 0 saturated carbocycles. The van der Waals surface area contributed by atoms with E-state index in [0.29, 0.717) is 19.6 Å². The van der Waals surface area contributed by atoms with E-state index < -0.39 is 0 Å². The van der Waals surface area contributed by atoms with Crippen molar-refractivity contribution in [3.8, 4) is 0 Å². The summed E-state index contributed by atoms with van der Waals surface area (Å²) in [5.41, 5.74) is 0. The van der Waals surface area contributed by atoms with Gasteiger partial charge < -0.3 is 19.3 Å². The first-order valence-electron chi connectivity index (χ1n) is 3.87. The first-order chi connectivity index (χ1) is 5.38. The van der Waals surface area contributed by atoms with Crippen molar-refractivity contribution in [1.29, 1.82) is 0 Å². The van der Waals surface area contributed by atoms with Gasteiger partial charge in [0.25, 0.3) is 0 Å². The van der Waals surface area contributed by atoms with Crippen molar-refractivity contribution in [1.82, 2.24) is 0 Å². The molecule has 0 aliphatic carbocycles. The quantitative estimate of drug-likeness (QED) is 0.519. The third-order valence-corrected chi connectivity index (χ3v) is 2.12. The van der Waals surface area contributed by atoms with Gasteiger partial charge >= 0.3 is 0 Å². The summed E-state index contributed by atoms with van der Waals surface area (Å²) in [6.07, 6.45) is 0.0592. The second-order valence-electron chi connectivity index (χ2n) is 2.89. The molecule has 2 fully saturated rings. The zero-order valence-electron chi connectivity index (χ0n) is 6.23. The number of fused-ring (bicyclic) bond motifs is 1. The van der Waals surface area contributed by atoms with E-state index in [9.17, 15) is 5.11 Å². The summed E-state index contributed by atoms with van der Waals surface area (Å²) >= 11 is 0. The Kier molecular flexibility index (Phi) is 2.09. The minimum Gasteiger partial charge on any atom is -0.390 e. The molecule has 0 unspecified atom stereocenters. The minimum absolute atomic E-state index is 0.0625. The average molecular weight is 160 g/mol. The van der Waals surface area contributed by atoms with Crippen LogP contribution < -0.4 is 0 Å². The third kappa shape index (κ3) is 1.39. The van der Waals surface area contributed by atoms with Gasteiger partial charge in [-0.3, -0.25) is 0 Å². The van der Waals surface area contributed by atoms with Crippen molar-refractivity contribution in [3.63, 3.8) is 0 Å². The lowest BCUT2D eigenvalue weighted by atomic mass is 10.0. The van der Waals surface area contributed by atoms with Crippen LogP contribution in [0.4, 0.5) is 0 Å². The molecule has 2 aliphatic heterocycles. The molecule has 0 aromatic carbocycles. The van der Waals surface area contributed by atoms with Crippen LogP contribution in [0.5, 0.6) is 0 Å². The van der Waals surface area contributed by atoms with Gasteiger partial charge in [0.15, 0.2) is 0 Å². The Balaban J connectivity index is 1.99. The fraction of sp³-hybridized carbons (Fsp3) is 1.00. The summed E-state index contributed by atoms with van der Waals surface area (Å²) in [6.45, 7) is 1.43. The predicted molar refractivity (Wildman–Crippen MR) is 36.1 cm³/mol. The molecule has 2 aliphatic rings. The van der Waals surface area contributed by atoms with Gasteiger partial charge in [0.2, 0.25) is 0 Å². The fourth-order valence-corrected chi connectivity index (χ4v) is 1.50. The summed E-state index contributed by atoms with van der Waals surface area (Å²) < 4.78 is 15.6. The molecule has 0 aromatic heterocycles. The number of aliphatic hydroxyl groups excluding tert-OH is 1. The van der Waals surface area contributed by atoms with E-state index in [4.69, 9.17) is 14.2 Å². The molecule has 0 amide bonds. The van der Waals surface area contributed by atoms with Crippen LogP contribution >= 0.6 is 0 Å². The van der Waals surface area contributed by atoms with Crippen molar-refractivity contribution in [2.75, 3.05) is 20.0 Å². The highest BCUT2D eigenvalue weighted by Crippen LogP contribution is 2.21. The third-order valence-electron chi connectivity index (χ3n) is 2.12. The molecule has 0 spiro atoms. The normalized spacial score (nSPS) is 45.0. The van der Waals surface area contributed by atoms with Crippen molar-refractivity contribution in [3.05, 3.63) is 0 Å². The first kappa shape index (κ1) is 7.49. The summed E-state index contributed by atoms with van der Waals surface area (Å²) in [5, 5.41) is 9.44. The highest BCUT2D eigenvalue weighted by molar-refractivity contribution is 4.83. The molecule has 2 saturated heterocycles. The maximum atomic E-state index is 9.44. The molecule has 3 atom stereocenters. The SMILES string of the molecule is O[C@@H]1CCO[C@@H]2COCO[C@@H]12. The van der Waals surface area contributed by atoms with Crippen molar-refractivity contribution in [2.45, 2.75) is 24.7 Å². The molecule has 0 aromatic rings. The zero-order chi connectivity index (χ0) is 7.68. The molecule has 11 heavy (non-hydrogen) atoms. The molecule has 1 N–H and O–H groups in total. The second kappa shape index (κ2) is 3.06. The number of ether oxygens (including phenoxy) is 3. The van der Waals surface area contributed by atoms with Crippen LogP contribution in [-0.4, -0.2) is 43.4 Å². The van der Waals surface area contributed by atoms with Crippen LogP contribution in [0.3, 0.4) is 0 Å². The monoisotopic (exact) mass is 160 g/mol. The molecule has 2 heterocycles. The minimum atomic E-state index is -0.377. The summed E-state index contributed by atoms with van der Waals surface area (Å²) in [4.78, 5) is 0. The van der Waals surface area contributed by atoms with E-state index in [1.165, 1.54) is 0 Å². The largest absolute Gasteiger partial charge is 0.390 e. The van der Waals surface area contributed by atoms with Gasteiger partial charge in [0.1, 0.15) is 19.0 Å². The van der Waals surface area contributed by atoms with Crippen LogP contribution in [0.25, 0.3) is 0 Å². The highest BCUT2D eigenvalue weighted by atomic mass is 16.7. The topological polar surface area (TPSA) is 47.9 Å². The molecule has 0 radical (unpaired) electrons. The molecular weight excluding hydrogens is 148 g/mol. The van der Waals surface area contributed by atoms with Crippen LogP contribution in [0.15, 0.2) is 0 Å². The van der Waals surface area contributed by atoms with Gasteiger partial charge in [-0.1, -0.05) is 0 Å². The van der Waals surface area contributed by atoms with E-state index in [1.807, 2.05) is 0 Å². The Hall–Kier alpha value is -0.160. The molecular formula is C7H12O4. The maximum absolute atomic E-state index is 9.44. The van der Waals surface area contributed by atoms with Gasteiger partial charge in [0, 0.05) is 6.61 Å². The highest BCUT2D eigenvalue weighted by Gasteiger charge is 2.36. The van der Waals surface area contributed by atoms with Gasteiger partial charge in [-0.25, -0.2) is 0 Å². The number of aliphatic hydroxyl groups is 1. The van der Waals surface area contributed by atoms with Crippen molar-refractivity contribution >= 4 is 0 Å². The molecule has 4 nitrogen and oxygen atoms in total. The summed E-state index contributed by atoms with van der Waals surface area (Å²) in [6, 6.07) is 0. The van der Waals surface area contributed by atoms with E-state index in [1.54, 1.807) is 0 Å². The Morgan fingerprint density at radius 1 is 1.27 bits per heavy atom. The van der Waals surface area contributed by atoms with E-state index in [-0.39, 0.29) is 25.1 Å². The lowest BCUT2D eigenvalue weighted by Crippen LogP contribution is -2.51. The standard InChI is InChI=1S/C7H12O4/c8-5-1-2-10-6-3-9-4-11-7(5)6/h5-8H,1-4H2/t5-,6-,7+/m1/s1. The second-order valence-corrected chi connectivity index (χ2v) is 2.89. The Morgan fingerprint density at radius 3 is 3.00 bits per heavy atom. The predicted octanol–water partition coefficient (Wildman–Crippen LogP) is -0.491. The lowest BCUT2D eigenvalue weighted by Gasteiger charge is -2.38. The maximum Gasteiger partial charge on any atom is 0.147 e. The summed E-state index contributed by atoms with van der Waals surface area (Å²) in [5.74, 6) is 0. The van der Waals surface area contributed by atoms with Crippen molar-refractivity contribution < 1.29 is 19.3 Å². The van der Waals surface area contributed by atoms with Gasteiger partial charge in [0.05, 0.1) is 12.7 Å². The Labute approximate surface area is 65.1 Å². The molecule has 4 heteroatoms. The smallest absolute Gasteiger partial charge is 0.147 e. The Bertz CT molecular complexity index is 136. The summed E-state index contributed by atoms with van der Waals surface area (Å²) in [7, 11) is 0. The molecule has 64 valence electrons. The first-order valence-corrected chi connectivity index (χ1v) is 3.87. The van der Waals surface area contributed by atoms with Gasteiger partial charge in [-0.2, -0.15) is 0 Å². The van der Waals surface area contributed by atoms with Gasteiger partial charge in [-0.05, 0) is 6.42 Å². The van der Waals surface area contributed by atoms with Crippen LogP contribution in [0.1, 0.15) is 6.42 Å². The lowest BCUT2D eigenvalue weighted by molar-refractivity contribution is -0.252. The molecule has 2 rings (SSSR count). The van der Waals surface area contributed by atoms with Crippen LogP contribution in [-0.2, 0) is 14.2 Å². The van der Waals surface area contributed by atoms with Gasteiger partial charge in [-0.15, -0.1) is 0 Å². The van der Waals surface area contributed by atoms with E-state index in [2.05, 4.69) is 0 Å².